The van der Waals surface area contributed by atoms with Crippen LogP contribution in [0.4, 0.5) is 0 Å². The summed E-state index contributed by atoms with van der Waals surface area (Å²) < 4.78 is 1.89. The van der Waals surface area contributed by atoms with Gasteiger partial charge in [0.1, 0.15) is 5.56 Å². The number of carbonyl (C=O) groups is 1. The Morgan fingerprint density at radius 2 is 1.89 bits per heavy atom. The summed E-state index contributed by atoms with van der Waals surface area (Å²) in [4.78, 5) is 17.3. The summed E-state index contributed by atoms with van der Waals surface area (Å²) in [6.07, 6.45) is 10.6. The molecule has 0 radical (unpaired) electrons. The predicted molar refractivity (Wildman–Crippen MR) is 106 cm³/mol. The molecule has 1 unspecified atom stereocenters. The maximum atomic E-state index is 12.7. The van der Waals surface area contributed by atoms with Gasteiger partial charge in [0.05, 0.1) is 6.20 Å². The summed E-state index contributed by atoms with van der Waals surface area (Å²) in [6.45, 7) is 2.71. The van der Waals surface area contributed by atoms with Crippen molar-refractivity contribution in [3.63, 3.8) is 0 Å². The number of carbonyl (C=O) groups excluding carboxylic acids is 1. The van der Waals surface area contributed by atoms with E-state index in [1.165, 1.54) is 42.5 Å². The number of amides is 1. The van der Waals surface area contributed by atoms with Crippen molar-refractivity contribution in [2.75, 3.05) is 6.54 Å². The van der Waals surface area contributed by atoms with E-state index in [2.05, 4.69) is 34.5 Å². The SMILES string of the molecule is CC(CNC(=O)c1cnn2c3c(cnc12)CCCCCC3)c1ccccc1. The maximum absolute atomic E-state index is 12.7. The number of fused-ring (bicyclic) bond motifs is 3. The van der Waals surface area contributed by atoms with Crippen molar-refractivity contribution in [3.8, 4) is 0 Å². The van der Waals surface area contributed by atoms with Crippen LogP contribution in [0.2, 0.25) is 0 Å². The first-order valence-corrected chi connectivity index (χ1v) is 9.91. The molecule has 0 spiro atoms. The monoisotopic (exact) mass is 362 g/mol. The standard InChI is InChI=1S/C22H26N4O/c1-16(17-9-6-4-7-10-17)13-24-22(27)19-15-25-26-20-12-8-3-2-5-11-18(20)14-23-21(19)26/h4,6-7,9-10,14-16H,2-3,5,8,11-13H2,1H3,(H,24,27). The molecule has 0 bridgehead atoms. The van der Waals surface area contributed by atoms with Gasteiger partial charge in [-0.15, -0.1) is 0 Å². The van der Waals surface area contributed by atoms with E-state index in [1.54, 1.807) is 6.20 Å². The summed E-state index contributed by atoms with van der Waals surface area (Å²) in [6, 6.07) is 10.2. The van der Waals surface area contributed by atoms with Crippen molar-refractivity contribution < 1.29 is 4.79 Å². The van der Waals surface area contributed by atoms with Crippen LogP contribution in [0.15, 0.2) is 42.7 Å². The van der Waals surface area contributed by atoms with E-state index in [4.69, 9.17) is 0 Å². The number of aryl methyl sites for hydroxylation is 2. The number of hydrogen-bond acceptors (Lipinski definition) is 3. The van der Waals surface area contributed by atoms with Crippen LogP contribution >= 0.6 is 0 Å². The van der Waals surface area contributed by atoms with Crippen LogP contribution in [0.3, 0.4) is 0 Å². The van der Waals surface area contributed by atoms with Gasteiger partial charge < -0.3 is 5.32 Å². The van der Waals surface area contributed by atoms with Gasteiger partial charge in [-0.2, -0.15) is 5.10 Å². The lowest BCUT2D eigenvalue weighted by Crippen LogP contribution is -2.27. The van der Waals surface area contributed by atoms with Crippen molar-refractivity contribution in [1.82, 2.24) is 19.9 Å². The van der Waals surface area contributed by atoms with E-state index in [1.807, 2.05) is 28.9 Å². The number of hydrogen-bond donors (Lipinski definition) is 1. The second-order valence-corrected chi connectivity index (χ2v) is 7.46. The molecule has 4 rings (SSSR count). The quantitative estimate of drug-likeness (QED) is 0.765. The Balaban J connectivity index is 1.53. The Labute approximate surface area is 159 Å². The normalized spacial score (nSPS) is 15.6. The second-order valence-electron chi connectivity index (χ2n) is 7.46. The van der Waals surface area contributed by atoms with E-state index in [0.29, 0.717) is 17.8 Å². The highest BCUT2D eigenvalue weighted by atomic mass is 16.1. The Bertz CT molecular complexity index is 932. The predicted octanol–water partition coefficient (Wildman–Crippen LogP) is 3.92. The lowest BCUT2D eigenvalue weighted by Gasteiger charge is -2.15. The van der Waals surface area contributed by atoms with Gasteiger partial charge in [-0.25, -0.2) is 9.50 Å². The number of benzene rings is 1. The Morgan fingerprint density at radius 1 is 1.11 bits per heavy atom. The zero-order valence-electron chi connectivity index (χ0n) is 15.8. The number of aromatic nitrogens is 3. The number of nitrogens with zero attached hydrogens (tertiary/aromatic N) is 3. The van der Waals surface area contributed by atoms with E-state index in [0.717, 1.165) is 12.8 Å². The van der Waals surface area contributed by atoms with Crippen LogP contribution in [-0.4, -0.2) is 27.0 Å². The van der Waals surface area contributed by atoms with E-state index in [9.17, 15) is 4.79 Å². The molecular formula is C22H26N4O. The van der Waals surface area contributed by atoms with Crippen molar-refractivity contribution in [2.24, 2.45) is 0 Å². The third-order valence-electron chi connectivity index (χ3n) is 5.50. The molecule has 2 heterocycles. The second kappa shape index (κ2) is 7.91. The van der Waals surface area contributed by atoms with Crippen LogP contribution in [-0.2, 0) is 12.8 Å². The molecular weight excluding hydrogens is 336 g/mol. The van der Waals surface area contributed by atoms with Gasteiger partial charge in [-0.1, -0.05) is 50.1 Å². The maximum Gasteiger partial charge on any atom is 0.256 e. The lowest BCUT2D eigenvalue weighted by molar-refractivity contribution is 0.0953. The topological polar surface area (TPSA) is 59.3 Å². The van der Waals surface area contributed by atoms with Crippen molar-refractivity contribution >= 4 is 11.6 Å². The lowest BCUT2D eigenvalue weighted by atomic mass is 9.98. The van der Waals surface area contributed by atoms with Gasteiger partial charge in [0, 0.05) is 18.4 Å². The third-order valence-corrected chi connectivity index (χ3v) is 5.50. The Morgan fingerprint density at radius 3 is 2.70 bits per heavy atom. The minimum absolute atomic E-state index is 0.105. The fraction of sp³-hybridized carbons (Fsp3) is 0.409. The molecule has 140 valence electrons. The molecule has 5 heteroatoms. The van der Waals surface area contributed by atoms with Gasteiger partial charge in [0.25, 0.3) is 5.91 Å². The van der Waals surface area contributed by atoms with E-state index in [-0.39, 0.29) is 11.8 Å². The molecule has 1 aliphatic carbocycles. The molecule has 2 aromatic heterocycles. The van der Waals surface area contributed by atoms with E-state index < -0.39 is 0 Å². The molecule has 5 nitrogen and oxygen atoms in total. The molecule has 1 atom stereocenters. The molecule has 0 fully saturated rings. The van der Waals surface area contributed by atoms with E-state index >= 15 is 0 Å². The minimum Gasteiger partial charge on any atom is -0.351 e. The molecule has 1 aliphatic rings. The zero-order chi connectivity index (χ0) is 18.6. The van der Waals surface area contributed by atoms with Crippen LogP contribution in [0.1, 0.15) is 65.7 Å². The number of nitrogens with one attached hydrogen (secondary N) is 1. The molecule has 0 saturated heterocycles. The van der Waals surface area contributed by atoms with Gasteiger partial charge >= 0.3 is 0 Å². The molecule has 27 heavy (non-hydrogen) atoms. The van der Waals surface area contributed by atoms with Gasteiger partial charge in [0.2, 0.25) is 0 Å². The average Bonchev–Trinajstić information content (AvgIpc) is 3.11. The molecule has 3 aromatic rings. The van der Waals surface area contributed by atoms with Crippen LogP contribution in [0.25, 0.3) is 5.65 Å². The molecule has 1 N–H and O–H groups in total. The third kappa shape index (κ3) is 3.72. The highest BCUT2D eigenvalue weighted by Gasteiger charge is 2.19. The largest absolute Gasteiger partial charge is 0.351 e. The number of rotatable bonds is 4. The van der Waals surface area contributed by atoms with Crippen LogP contribution < -0.4 is 5.32 Å². The first-order chi connectivity index (χ1) is 13.2. The molecule has 1 amide bonds. The minimum atomic E-state index is -0.105. The first kappa shape index (κ1) is 17.7. The van der Waals surface area contributed by atoms with Crippen molar-refractivity contribution in [2.45, 2.75) is 51.4 Å². The summed E-state index contributed by atoms with van der Waals surface area (Å²) >= 11 is 0. The zero-order valence-corrected chi connectivity index (χ0v) is 15.8. The highest BCUT2D eigenvalue weighted by Crippen LogP contribution is 2.22. The van der Waals surface area contributed by atoms with Crippen molar-refractivity contribution in [3.05, 3.63) is 65.1 Å². The van der Waals surface area contributed by atoms with Crippen LogP contribution in [0.5, 0.6) is 0 Å². The van der Waals surface area contributed by atoms with Crippen molar-refractivity contribution in [1.29, 1.82) is 0 Å². The van der Waals surface area contributed by atoms with Gasteiger partial charge in [0.15, 0.2) is 5.65 Å². The Kier molecular flexibility index (Phi) is 5.19. The molecule has 0 saturated carbocycles. The molecule has 0 aliphatic heterocycles. The summed E-state index contributed by atoms with van der Waals surface area (Å²) in [5.74, 6) is 0.149. The smallest absolute Gasteiger partial charge is 0.256 e. The molecule has 1 aromatic carbocycles. The summed E-state index contributed by atoms with van der Waals surface area (Å²) in [5.41, 5.74) is 4.93. The van der Waals surface area contributed by atoms with Gasteiger partial charge in [-0.05, 0) is 42.7 Å². The average molecular weight is 362 g/mol. The fourth-order valence-electron chi connectivity index (χ4n) is 3.85. The fourth-order valence-corrected chi connectivity index (χ4v) is 3.85. The highest BCUT2D eigenvalue weighted by molar-refractivity contribution is 5.99. The summed E-state index contributed by atoms with van der Waals surface area (Å²) in [7, 11) is 0. The van der Waals surface area contributed by atoms with Crippen LogP contribution in [0, 0.1) is 0 Å². The Hall–Kier alpha value is -2.69. The van der Waals surface area contributed by atoms with Gasteiger partial charge in [-0.3, -0.25) is 4.79 Å². The first-order valence-electron chi connectivity index (χ1n) is 9.91. The summed E-state index contributed by atoms with van der Waals surface area (Å²) in [5, 5.41) is 7.55.